The van der Waals surface area contributed by atoms with Crippen molar-refractivity contribution in [3.05, 3.63) is 276 Å². The molecular formula is C68H46N2S. The van der Waals surface area contributed by atoms with Gasteiger partial charge in [0.25, 0.3) is 0 Å². The molecule has 15 rings (SSSR count). The standard InChI is InChI=1S/C68H46N2S/c1-67(2)56-27-12-9-22-49(56)51-35-32-46(41-61(51)67)69(45-34-39-63-55(40-45)52-24-11-15-30-62(52)70(63)44-20-7-4-8-21-44)47-33-37-59-65(42-47)71-64-31-16-14-29-58(64)68(59)57-28-13-10-23-50(57)54-26-17-25-53-48(36-38-60(68)66(53)54)43-18-5-3-6-19-43/h3-42H,1-2H3. The molecule has 2 heterocycles. The molecule has 0 amide bonds. The lowest BCUT2D eigenvalue weighted by molar-refractivity contribution is 0.660. The van der Waals surface area contributed by atoms with Crippen molar-refractivity contribution in [3.8, 4) is 39.1 Å². The summed E-state index contributed by atoms with van der Waals surface area (Å²) in [6.07, 6.45) is 0. The van der Waals surface area contributed by atoms with Crippen LogP contribution in [0.15, 0.2) is 252 Å². The third-order valence-corrected chi connectivity index (χ3v) is 17.2. The van der Waals surface area contributed by atoms with E-state index in [0.717, 1.165) is 22.7 Å². The Morgan fingerprint density at radius 2 is 0.915 bits per heavy atom. The number of benzene rings is 11. The Morgan fingerprint density at radius 1 is 0.352 bits per heavy atom. The van der Waals surface area contributed by atoms with Gasteiger partial charge in [0, 0.05) is 48.7 Å². The lowest BCUT2D eigenvalue weighted by Crippen LogP contribution is -2.36. The predicted molar refractivity (Wildman–Crippen MR) is 297 cm³/mol. The van der Waals surface area contributed by atoms with Gasteiger partial charge in [-0.3, -0.25) is 0 Å². The van der Waals surface area contributed by atoms with Gasteiger partial charge in [0.05, 0.1) is 16.4 Å². The molecule has 12 aromatic rings. The zero-order chi connectivity index (χ0) is 47.0. The number of aromatic nitrogens is 1. The van der Waals surface area contributed by atoms with Crippen LogP contribution < -0.4 is 4.90 Å². The van der Waals surface area contributed by atoms with E-state index in [1.807, 2.05) is 11.8 Å². The normalized spacial score (nSPS) is 15.6. The Bertz CT molecular complexity index is 4180. The average Bonchev–Trinajstić information content (AvgIpc) is 3.87. The van der Waals surface area contributed by atoms with Crippen molar-refractivity contribution in [2.24, 2.45) is 0 Å². The molecule has 0 saturated heterocycles. The van der Waals surface area contributed by atoms with Crippen LogP contribution in [0.4, 0.5) is 17.1 Å². The van der Waals surface area contributed by atoms with Gasteiger partial charge in [0.15, 0.2) is 0 Å². The lowest BCUT2D eigenvalue weighted by atomic mass is 9.59. The van der Waals surface area contributed by atoms with Crippen molar-refractivity contribution in [1.29, 1.82) is 0 Å². The van der Waals surface area contributed by atoms with Crippen LogP contribution in [0, 0.1) is 0 Å². The van der Waals surface area contributed by atoms with Gasteiger partial charge >= 0.3 is 0 Å². The molecule has 1 aromatic heterocycles. The van der Waals surface area contributed by atoms with Gasteiger partial charge in [-0.05, 0) is 144 Å². The molecule has 0 saturated carbocycles. The third kappa shape index (κ3) is 5.61. The molecule has 0 N–H and O–H groups in total. The van der Waals surface area contributed by atoms with Gasteiger partial charge in [0.2, 0.25) is 0 Å². The summed E-state index contributed by atoms with van der Waals surface area (Å²) in [5, 5.41) is 5.07. The molecule has 2 nitrogen and oxygen atoms in total. The van der Waals surface area contributed by atoms with Crippen molar-refractivity contribution in [3.63, 3.8) is 0 Å². The molecule has 0 radical (unpaired) electrons. The van der Waals surface area contributed by atoms with Crippen LogP contribution in [0.3, 0.4) is 0 Å². The molecule has 1 atom stereocenters. The molecule has 3 heteroatoms. The molecule has 11 aromatic carbocycles. The van der Waals surface area contributed by atoms with Gasteiger partial charge in [-0.2, -0.15) is 0 Å². The second-order valence-corrected chi connectivity index (χ2v) is 21.0. The van der Waals surface area contributed by atoms with Crippen molar-refractivity contribution in [2.75, 3.05) is 4.90 Å². The topological polar surface area (TPSA) is 8.17 Å². The minimum absolute atomic E-state index is 0.158. The van der Waals surface area contributed by atoms with Crippen LogP contribution in [0.2, 0.25) is 0 Å². The fourth-order valence-corrected chi connectivity index (χ4v) is 14.2. The summed E-state index contributed by atoms with van der Waals surface area (Å²) in [5.74, 6) is 0. The molecule has 2 aliphatic carbocycles. The molecule has 71 heavy (non-hydrogen) atoms. The fraction of sp³-hybridized carbons (Fsp3) is 0.0588. The van der Waals surface area contributed by atoms with Gasteiger partial charge < -0.3 is 9.47 Å². The first-order valence-corrected chi connectivity index (χ1v) is 25.6. The van der Waals surface area contributed by atoms with Crippen LogP contribution in [0.1, 0.15) is 47.2 Å². The van der Waals surface area contributed by atoms with Crippen molar-refractivity contribution < 1.29 is 0 Å². The second kappa shape index (κ2) is 15.1. The van der Waals surface area contributed by atoms with Crippen LogP contribution in [0.25, 0.3) is 71.6 Å². The van der Waals surface area contributed by atoms with Gasteiger partial charge in [-0.15, -0.1) is 0 Å². The molecule has 334 valence electrons. The Kier molecular flexibility index (Phi) is 8.60. The van der Waals surface area contributed by atoms with Crippen molar-refractivity contribution >= 4 is 61.4 Å². The second-order valence-electron chi connectivity index (χ2n) is 20.0. The van der Waals surface area contributed by atoms with E-state index < -0.39 is 5.41 Å². The van der Waals surface area contributed by atoms with E-state index in [9.17, 15) is 0 Å². The van der Waals surface area contributed by atoms with E-state index >= 15 is 0 Å². The highest BCUT2D eigenvalue weighted by Gasteiger charge is 2.49. The molecule has 0 fully saturated rings. The summed E-state index contributed by atoms with van der Waals surface area (Å²) in [5.41, 5.74) is 21.9. The highest BCUT2D eigenvalue weighted by atomic mass is 32.2. The van der Waals surface area contributed by atoms with Gasteiger partial charge in [0.1, 0.15) is 0 Å². The summed E-state index contributed by atoms with van der Waals surface area (Å²) in [4.78, 5) is 5.06. The van der Waals surface area contributed by atoms with Crippen LogP contribution in [-0.4, -0.2) is 4.57 Å². The number of para-hydroxylation sites is 2. The SMILES string of the molecule is CC1(C)c2ccccc2-c2ccc(N(c3ccc4c(c3)Sc3ccccc3C43c4ccccc4-c4cccc5c(-c6ccccc6)ccc3c45)c3ccc4c(c3)c3ccccc3n4-c3ccccc3)cc21. The van der Waals surface area contributed by atoms with Gasteiger partial charge in [-0.25, -0.2) is 0 Å². The summed E-state index contributed by atoms with van der Waals surface area (Å²) in [7, 11) is 0. The fourth-order valence-electron chi connectivity index (χ4n) is 13.0. The first kappa shape index (κ1) is 40.5. The number of hydrogen-bond donors (Lipinski definition) is 0. The minimum atomic E-state index is -0.569. The van der Waals surface area contributed by atoms with Crippen molar-refractivity contribution in [2.45, 2.75) is 34.5 Å². The molecule has 1 unspecified atom stereocenters. The van der Waals surface area contributed by atoms with E-state index in [2.05, 4.69) is 266 Å². The van der Waals surface area contributed by atoms with E-state index in [4.69, 9.17) is 0 Å². The Hall–Kier alpha value is -8.37. The first-order valence-electron chi connectivity index (χ1n) is 24.7. The Balaban J connectivity index is 0.988. The minimum Gasteiger partial charge on any atom is -0.310 e. The zero-order valence-electron chi connectivity index (χ0n) is 39.4. The number of rotatable bonds is 5. The summed E-state index contributed by atoms with van der Waals surface area (Å²) >= 11 is 1.90. The summed E-state index contributed by atoms with van der Waals surface area (Å²) in [6.45, 7) is 4.76. The monoisotopic (exact) mass is 922 g/mol. The predicted octanol–water partition coefficient (Wildman–Crippen LogP) is 18.2. The highest BCUT2D eigenvalue weighted by Crippen LogP contribution is 2.62. The Morgan fingerprint density at radius 3 is 1.76 bits per heavy atom. The van der Waals surface area contributed by atoms with Gasteiger partial charge in [-0.1, -0.05) is 202 Å². The number of nitrogens with zero attached hydrogens (tertiary/aromatic N) is 2. The van der Waals surface area contributed by atoms with Crippen LogP contribution in [0.5, 0.6) is 0 Å². The average molecular weight is 923 g/mol. The van der Waals surface area contributed by atoms with Crippen LogP contribution >= 0.6 is 11.8 Å². The molecular weight excluding hydrogens is 877 g/mol. The Labute approximate surface area is 418 Å². The maximum Gasteiger partial charge on any atom is 0.0735 e. The number of hydrogen-bond acceptors (Lipinski definition) is 2. The molecule has 1 spiro atoms. The van der Waals surface area contributed by atoms with E-state index in [1.165, 1.54) is 109 Å². The maximum absolute atomic E-state index is 2.51. The first-order chi connectivity index (χ1) is 35.0. The van der Waals surface area contributed by atoms with E-state index in [1.54, 1.807) is 0 Å². The highest BCUT2D eigenvalue weighted by molar-refractivity contribution is 7.99. The van der Waals surface area contributed by atoms with Crippen molar-refractivity contribution in [1.82, 2.24) is 4.57 Å². The van der Waals surface area contributed by atoms with E-state index in [-0.39, 0.29) is 5.41 Å². The zero-order valence-corrected chi connectivity index (χ0v) is 40.2. The summed E-state index contributed by atoms with van der Waals surface area (Å²) in [6, 6.07) is 91.2. The summed E-state index contributed by atoms with van der Waals surface area (Å²) < 4.78 is 2.41. The molecule has 1 aliphatic heterocycles. The lowest BCUT2D eigenvalue weighted by Gasteiger charge is -2.46. The number of anilines is 3. The quantitative estimate of drug-likeness (QED) is 0.170. The van der Waals surface area contributed by atoms with E-state index in [0.29, 0.717) is 0 Å². The smallest absolute Gasteiger partial charge is 0.0735 e. The third-order valence-electron chi connectivity index (χ3n) is 16.0. The van der Waals surface area contributed by atoms with Crippen LogP contribution in [-0.2, 0) is 10.8 Å². The largest absolute Gasteiger partial charge is 0.310 e. The molecule has 0 bridgehead atoms. The molecule has 3 aliphatic rings. The maximum atomic E-state index is 2.51. The number of fused-ring (bicyclic) bond motifs is 14.